The van der Waals surface area contributed by atoms with Gasteiger partial charge < -0.3 is 5.73 Å². The molecule has 0 saturated heterocycles. The third-order valence-corrected chi connectivity index (χ3v) is 6.70. The molecule has 7 heteroatoms. The Kier molecular flexibility index (Phi) is 5.76. The predicted octanol–water partition coefficient (Wildman–Crippen LogP) is 4.17. The van der Waals surface area contributed by atoms with E-state index >= 15 is 0 Å². The van der Waals surface area contributed by atoms with Gasteiger partial charge in [0.1, 0.15) is 11.6 Å². The number of benzene rings is 2. The van der Waals surface area contributed by atoms with Gasteiger partial charge >= 0.3 is 0 Å². The molecule has 2 N–H and O–H groups in total. The summed E-state index contributed by atoms with van der Waals surface area (Å²) in [6.07, 6.45) is 1.51. The highest BCUT2D eigenvalue weighted by molar-refractivity contribution is 7.89. The third-order valence-electron chi connectivity index (χ3n) is 4.59. The molecule has 0 fully saturated rings. The molecular formula is C21H22FN3O2S. The molecule has 146 valence electrons. The zero-order valence-corrected chi connectivity index (χ0v) is 16.6. The summed E-state index contributed by atoms with van der Waals surface area (Å²) >= 11 is 0. The number of nitrogens with two attached hydrogens (primary N) is 1. The minimum absolute atomic E-state index is 0.167. The maximum atomic E-state index is 14.8. The second-order valence-corrected chi connectivity index (χ2v) is 8.16. The number of sulfonamides is 1. The number of rotatable bonds is 6. The predicted molar refractivity (Wildman–Crippen MR) is 110 cm³/mol. The van der Waals surface area contributed by atoms with Crippen LogP contribution in [0.15, 0.2) is 65.7 Å². The van der Waals surface area contributed by atoms with Gasteiger partial charge in [0.2, 0.25) is 10.0 Å². The van der Waals surface area contributed by atoms with Crippen molar-refractivity contribution in [3.8, 4) is 22.3 Å². The van der Waals surface area contributed by atoms with Crippen LogP contribution in [0, 0.1) is 5.82 Å². The van der Waals surface area contributed by atoms with Crippen molar-refractivity contribution in [3.05, 3.63) is 66.6 Å². The number of aromatic nitrogens is 1. The van der Waals surface area contributed by atoms with Gasteiger partial charge in [-0.2, -0.15) is 4.31 Å². The Morgan fingerprint density at radius 3 is 2.25 bits per heavy atom. The van der Waals surface area contributed by atoms with Gasteiger partial charge in [-0.15, -0.1) is 0 Å². The van der Waals surface area contributed by atoms with E-state index in [2.05, 4.69) is 4.98 Å². The molecule has 0 bridgehead atoms. The fourth-order valence-corrected chi connectivity index (χ4v) is 4.79. The lowest BCUT2D eigenvalue weighted by Crippen LogP contribution is -2.30. The molecule has 1 aromatic heterocycles. The zero-order chi connectivity index (χ0) is 20.3. The summed E-state index contributed by atoms with van der Waals surface area (Å²) in [7, 11) is -3.67. The lowest BCUT2D eigenvalue weighted by molar-refractivity contribution is 0.445. The number of nitrogen functional groups attached to an aromatic ring is 1. The van der Waals surface area contributed by atoms with Gasteiger partial charge in [0.25, 0.3) is 0 Å². The molecule has 0 unspecified atom stereocenters. The molecule has 1 heterocycles. The number of nitrogens with zero attached hydrogens (tertiary/aromatic N) is 2. The van der Waals surface area contributed by atoms with Gasteiger partial charge in [-0.25, -0.2) is 17.8 Å². The monoisotopic (exact) mass is 399 g/mol. The van der Waals surface area contributed by atoms with Crippen LogP contribution in [0.1, 0.15) is 13.8 Å². The molecule has 5 nitrogen and oxygen atoms in total. The van der Waals surface area contributed by atoms with E-state index in [4.69, 9.17) is 5.73 Å². The van der Waals surface area contributed by atoms with E-state index in [0.717, 1.165) is 0 Å². The SMILES string of the molecule is CCN(CC)S(=O)(=O)c1ccccc1-c1ccc(-c2ccc(N)nc2)c(F)c1. The van der Waals surface area contributed by atoms with Crippen molar-refractivity contribution in [2.75, 3.05) is 18.8 Å². The van der Waals surface area contributed by atoms with Crippen LogP contribution in [-0.2, 0) is 10.0 Å². The van der Waals surface area contributed by atoms with Gasteiger partial charge in [-0.05, 0) is 29.8 Å². The summed E-state index contributed by atoms with van der Waals surface area (Å²) in [4.78, 5) is 4.15. The van der Waals surface area contributed by atoms with E-state index in [1.54, 1.807) is 62.4 Å². The van der Waals surface area contributed by atoms with Crippen molar-refractivity contribution in [2.45, 2.75) is 18.7 Å². The van der Waals surface area contributed by atoms with Crippen molar-refractivity contribution in [2.24, 2.45) is 0 Å². The molecule has 0 aliphatic heterocycles. The van der Waals surface area contributed by atoms with Crippen molar-refractivity contribution >= 4 is 15.8 Å². The number of halogens is 1. The van der Waals surface area contributed by atoms with Crippen LogP contribution in [0.2, 0.25) is 0 Å². The standard InChI is InChI=1S/C21H22FN3O2S/c1-3-25(4-2)28(26,27)20-8-6-5-7-18(20)15-9-11-17(19(22)13-15)16-10-12-21(23)24-14-16/h5-14H,3-4H2,1-2H3,(H2,23,24). The largest absolute Gasteiger partial charge is 0.384 e. The summed E-state index contributed by atoms with van der Waals surface area (Å²) in [6.45, 7) is 4.31. The van der Waals surface area contributed by atoms with Gasteiger partial charge in [0.15, 0.2) is 0 Å². The molecule has 0 radical (unpaired) electrons. The highest BCUT2D eigenvalue weighted by Crippen LogP contribution is 2.32. The Labute approximate surface area is 164 Å². The molecule has 2 aromatic carbocycles. The van der Waals surface area contributed by atoms with Gasteiger partial charge in [0.05, 0.1) is 4.90 Å². The van der Waals surface area contributed by atoms with E-state index in [-0.39, 0.29) is 4.90 Å². The van der Waals surface area contributed by atoms with Crippen LogP contribution in [0.4, 0.5) is 10.2 Å². The molecule has 0 aliphatic rings. The van der Waals surface area contributed by atoms with E-state index in [9.17, 15) is 12.8 Å². The first-order chi connectivity index (χ1) is 13.4. The smallest absolute Gasteiger partial charge is 0.243 e. The second-order valence-electron chi connectivity index (χ2n) is 6.25. The molecule has 0 aliphatic carbocycles. The summed E-state index contributed by atoms with van der Waals surface area (Å²) in [5.74, 6) is -0.101. The molecule has 0 atom stereocenters. The number of anilines is 1. The number of pyridine rings is 1. The maximum Gasteiger partial charge on any atom is 0.243 e. The van der Waals surface area contributed by atoms with E-state index in [1.807, 2.05) is 0 Å². The normalized spacial score (nSPS) is 11.7. The van der Waals surface area contributed by atoms with Crippen molar-refractivity contribution in [1.29, 1.82) is 0 Å². The second kappa shape index (κ2) is 8.08. The molecule has 3 rings (SSSR count). The highest BCUT2D eigenvalue weighted by atomic mass is 32.2. The molecule has 28 heavy (non-hydrogen) atoms. The minimum Gasteiger partial charge on any atom is -0.384 e. The lowest BCUT2D eigenvalue weighted by Gasteiger charge is -2.20. The summed E-state index contributed by atoms with van der Waals surface area (Å²) < 4.78 is 42.2. The Balaban J connectivity index is 2.08. The van der Waals surface area contributed by atoms with E-state index in [0.29, 0.717) is 41.2 Å². The average molecular weight is 399 g/mol. The quantitative estimate of drug-likeness (QED) is 0.675. The van der Waals surface area contributed by atoms with Crippen molar-refractivity contribution < 1.29 is 12.8 Å². The first-order valence-electron chi connectivity index (χ1n) is 8.99. The van der Waals surface area contributed by atoms with Crippen LogP contribution in [-0.4, -0.2) is 30.8 Å². The molecule has 0 saturated carbocycles. The highest BCUT2D eigenvalue weighted by Gasteiger charge is 2.25. The average Bonchev–Trinajstić information content (AvgIpc) is 2.69. The number of hydrogen-bond acceptors (Lipinski definition) is 4. The Morgan fingerprint density at radius 2 is 1.64 bits per heavy atom. The zero-order valence-electron chi connectivity index (χ0n) is 15.8. The number of hydrogen-bond donors (Lipinski definition) is 1. The lowest BCUT2D eigenvalue weighted by atomic mass is 10.0. The first-order valence-corrected chi connectivity index (χ1v) is 10.4. The first kappa shape index (κ1) is 20.0. The Bertz CT molecular complexity index is 1080. The van der Waals surface area contributed by atoms with Crippen LogP contribution >= 0.6 is 0 Å². The van der Waals surface area contributed by atoms with Crippen LogP contribution in [0.5, 0.6) is 0 Å². The van der Waals surface area contributed by atoms with E-state index in [1.165, 1.54) is 16.6 Å². The molecule has 0 amide bonds. The van der Waals surface area contributed by atoms with Crippen LogP contribution in [0.3, 0.4) is 0 Å². The summed E-state index contributed by atoms with van der Waals surface area (Å²) in [5, 5.41) is 0. The van der Waals surface area contributed by atoms with Gasteiger partial charge in [-0.3, -0.25) is 0 Å². The minimum atomic E-state index is -3.67. The summed E-state index contributed by atoms with van der Waals surface area (Å²) in [6, 6.07) is 14.6. The Morgan fingerprint density at radius 1 is 0.964 bits per heavy atom. The molecular weight excluding hydrogens is 377 g/mol. The van der Waals surface area contributed by atoms with Crippen molar-refractivity contribution in [3.63, 3.8) is 0 Å². The van der Waals surface area contributed by atoms with Gasteiger partial charge in [0, 0.05) is 36.0 Å². The van der Waals surface area contributed by atoms with Crippen LogP contribution < -0.4 is 5.73 Å². The van der Waals surface area contributed by atoms with E-state index < -0.39 is 15.8 Å². The van der Waals surface area contributed by atoms with Gasteiger partial charge in [-0.1, -0.05) is 44.2 Å². The fraction of sp³-hybridized carbons (Fsp3) is 0.190. The fourth-order valence-electron chi connectivity index (χ4n) is 3.11. The summed E-state index contributed by atoms with van der Waals surface area (Å²) in [5.41, 5.74) is 7.52. The van der Waals surface area contributed by atoms with Crippen molar-refractivity contribution in [1.82, 2.24) is 9.29 Å². The Hall–Kier alpha value is -2.77. The third kappa shape index (κ3) is 3.76. The molecule has 3 aromatic rings. The van der Waals surface area contributed by atoms with Crippen LogP contribution in [0.25, 0.3) is 22.3 Å². The maximum absolute atomic E-state index is 14.8. The molecule has 0 spiro atoms. The topological polar surface area (TPSA) is 76.3 Å².